The number of aryl methyl sites for hydroxylation is 1. The van der Waals surface area contributed by atoms with Crippen LogP contribution >= 0.6 is 0 Å². The Hall–Kier alpha value is -1.36. The third-order valence-corrected chi connectivity index (χ3v) is 1.95. The van der Waals surface area contributed by atoms with Gasteiger partial charge in [-0.2, -0.15) is 0 Å². The van der Waals surface area contributed by atoms with Gasteiger partial charge in [0.25, 0.3) is 5.56 Å². The normalized spacial score (nSPS) is 12.8. The summed E-state index contributed by atoms with van der Waals surface area (Å²) in [4.78, 5) is 24.8. The van der Waals surface area contributed by atoms with Crippen molar-refractivity contribution in [2.75, 3.05) is 0 Å². The fourth-order valence-electron chi connectivity index (χ4n) is 1.25. The maximum absolute atomic E-state index is 11.3. The van der Waals surface area contributed by atoms with Crippen LogP contribution in [0.4, 0.5) is 0 Å². The number of rotatable bonds is 3. The lowest BCUT2D eigenvalue weighted by molar-refractivity contribution is 0.557. The molecule has 0 amide bonds. The van der Waals surface area contributed by atoms with Crippen molar-refractivity contribution in [1.29, 1.82) is 0 Å². The van der Waals surface area contributed by atoms with Gasteiger partial charge in [-0.25, -0.2) is 4.79 Å². The Balaban J connectivity index is 3.18. The molecule has 0 radical (unpaired) electrons. The second-order valence-electron chi connectivity index (χ2n) is 3.40. The van der Waals surface area contributed by atoms with E-state index in [4.69, 9.17) is 5.73 Å². The first-order valence-corrected chi connectivity index (χ1v) is 4.62. The van der Waals surface area contributed by atoms with Gasteiger partial charge < -0.3 is 5.73 Å². The molecular weight excluding hydrogens is 182 g/mol. The first kappa shape index (κ1) is 10.7. The number of aromatic amines is 1. The molecule has 3 N–H and O–H groups in total. The van der Waals surface area contributed by atoms with Crippen molar-refractivity contribution in [1.82, 2.24) is 9.55 Å². The van der Waals surface area contributed by atoms with Crippen molar-refractivity contribution in [2.45, 2.75) is 32.9 Å². The number of hydrogen-bond acceptors (Lipinski definition) is 3. The maximum Gasteiger partial charge on any atom is 0.328 e. The number of nitrogens with zero attached hydrogens (tertiary/aromatic N) is 1. The summed E-state index contributed by atoms with van der Waals surface area (Å²) in [5, 5.41) is 0. The van der Waals surface area contributed by atoms with Gasteiger partial charge in [-0.15, -0.1) is 0 Å². The Morgan fingerprint density at radius 3 is 2.71 bits per heavy atom. The minimum atomic E-state index is -0.399. The maximum atomic E-state index is 11.3. The van der Waals surface area contributed by atoms with Crippen LogP contribution in [-0.2, 0) is 13.0 Å². The average Bonchev–Trinajstić information content (AvgIpc) is 2.09. The molecule has 0 bridgehead atoms. The van der Waals surface area contributed by atoms with Gasteiger partial charge >= 0.3 is 5.69 Å². The Labute approximate surface area is 81.6 Å². The minimum Gasteiger partial charge on any atom is -0.326 e. The van der Waals surface area contributed by atoms with Crippen LogP contribution in [0.2, 0.25) is 0 Å². The molecule has 5 nitrogen and oxygen atoms in total. The first-order chi connectivity index (χ1) is 6.54. The highest BCUT2D eigenvalue weighted by Gasteiger charge is 2.04. The monoisotopic (exact) mass is 197 g/mol. The van der Waals surface area contributed by atoms with Crippen molar-refractivity contribution in [2.24, 2.45) is 5.73 Å². The molecule has 1 atom stereocenters. The standard InChI is InChI=1S/C9H15N3O2/c1-3-7-5-12(4-6(2)10)9(14)11-8(7)13/h5-6H,3-4,10H2,1-2H3,(H,11,13,14). The van der Waals surface area contributed by atoms with E-state index >= 15 is 0 Å². The quantitative estimate of drug-likeness (QED) is 0.682. The van der Waals surface area contributed by atoms with Crippen molar-refractivity contribution in [3.05, 3.63) is 32.6 Å². The molecule has 1 unspecified atom stereocenters. The van der Waals surface area contributed by atoms with Gasteiger partial charge in [0.2, 0.25) is 0 Å². The summed E-state index contributed by atoms with van der Waals surface area (Å²) < 4.78 is 1.44. The topological polar surface area (TPSA) is 80.9 Å². The van der Waals surface area contributed by atoms with E-state index in [1.807, 2.05) is 13.8 Å². The molecule has 1 aromatic heterocycles. The van der Waals surface area contributed by atoms with Gasteiger partial charge in [-0.3, -0.25) is 14.3 Å². The molecule has 0 saturated carbocycles. The van der Waals surface area contributed by atoms with E-state index in [1.165, 1.54) is 4.57 Å². The van der Waals surface area contributed by atoms with Crippen LogP contribution in [0.1, 0.15) is 19.4 Å². The number of nitrogens with one attached hydrogen (secondary N) is 1. The highest BCUT2D eigenvalue weighted by atomic mass is 16.2. The summed E-state index contributed by atoms with van der Waals surface area (Å²) in [5.74, 6) is 0. The molecule has 0 spiro atoms. The fourth-order valence-corrected chi connectivity index (χ4v) is 1.25. The van der Waals surface area contributed by atoms with Gasteiger partial charge in [-0.05, 0) is 13.3 Å². The number of nitrogens with two attached hydrogens (primary N) is 1. The Morgan fingerprint density at radius 2 is 2.21 bits per heavy atom. The second-order valence-corrected chi connectivity index (χ2v) is 3.40. The van der Waals surface area contributed by atoms with E-state index in [2.05, 4.69) is 4.98 Å². The van der Waals surface area contributed by atoms with Crippen LogP contribution in [0.15, 0.2) is 15.8 Å². The van der Waals surface area contributed by atoms with E-state index in [9.17, 15) is 9.59 Å². The van der Waals surface area contributed by atoms with Crippen LogP contribution in [0.5, 0.6) is 0 Å². The molecule has 1 rings (SSSR count). The molecular formula is C9H15N3O2. The van der Waals surface area contributed by atoms with Gasteiger partial charge in [0, 0.05) is 24.3 Å². The second kappa shape index (κ2) is 4.23. The summed E-state index contributed by atoms with van der Waals surface area (Å²) in [6, 6.07) is -0.108. The SMILES string of the molecule is CCc1cn(CC(C)N)c(=O)[nH]c1=O. The molecule has 0 fully saturated rings. The van der Waals surface area contributed by atoms with Gasteiger partial charge in [0.05, 0.1) is 0 Å². The van der Waals surface area contributed by atoms with E-state index in [0.717, 1.165) is 0 Å². The molecule has 0 aromatic carbocycles. The highest BCUT2D eigenvalue weighted by Crippen LogP contribution is 1.90. The minimum absolute atomic E-state index is 0.108. The number of hydrogen-bond donors (Lipinski definition) is 2. The zero-order chi connectivity index (χ0) is 10.7. The molecule has 0 saturated heterocycles. The fraction of sp³-hybridized carbons (Fsp3) is 0.556. The largest absolute Gasteiger partial charge is 0.328 e. The highest BCUT2D eigenvalue weighted by molar-refractivity contribution is 5.03. The summed E-state index contributed by atoms with van der Waals surface area (Å²) in [7, 11) is 0. The van der Waals surface area contributed by atoms with Crippen LogP contribution in [0, 0.1) is 0 Å². The third-order valence-electron chi connectivity index (χ3n) is 1.95. The van der Waals surface area contributed by atoms with Gasteiger partial charge in [-0.1, -0.05) is 6.92 Å². The van der Waals surface area contributed by atoms with Crippen molar-refractivity contribution in [3.8, 4) is 0 Å². The zero-order valence-corrected chi connectivity index (χ0v) is 8.41. The lowest BCUT2D eigenvalue weighted by Gasteiger charge is -2.08. The van der Waals surface area contributed by atoms with Gasteiger partial charge in [0.15, 0.2) is 0 Å². The average molecular weight is 197 g/mol. The molecule has 1 aromatic rings. The van der Waals surface area contributed by atoms with Crippen LogP contribution in [-0.4, -0.2) is 15.6 Å². The lowest BCUT2D eigenvalue weighted by atomic mass is 10.2. The lowest BCUT2D eigenvalue weighted by Crippen LogP contribution is -2.35. The smallest absolute Gasteiger partial charge is 0.326 e. The van der Waals surface area contributed by atoms with Gasteiger partial charge in [0.1, 0.15) is 0 Å². The first-order valence-electron chi connectivity index (χ1n) is 4.62. The Bertz CT molecular complexity index is 417. The molecule has 5 heteroatoms. The van der Waals surface area contributed by atoms with Crippen LogP contribution < -0.4 is 17.0 Å². The molecule has 0 aliphatic rings. The number of aromatic nitrogens is 2. The van der Waals surface area contributed by atoms with Crippen LogP contribution in [0.25, 0.3) is 0 Å². The molecule has 78 valence electrons. The van der Waals surface area contributed by atoms with Crippen molar-refractivity contribution in [3.63, 3.8) is 0 Å². The summed E-state index contributed by atoms with van der Waals surface area (Å²) >= 11 is 0. The Morgan fingerprint density at radius 1 is 1.57 bits per heavy atom. The molecule has 1 heterocycles. The summed E-state index contributed by atoms with van der Waals surface area (Å²) in [5.41, 5.74) is 5.47. The molecule has 14 heavy (non-hydrogen) atoms. The van der Waals surface area contributed by atoms with E-state index in [-0.39, 0.29) is 11.6 Å². The summed E-state index contributed by atoms with van der Waals surface area (Å²) in [6.07, 6.45) is 2.18. The third kappa shape index (κ3) is 2.32. The predicted molar refractivity (Wildman–Crippen MR) is 54.4 cm³/mol. The summed E-state index contributed by atoms with van der Waals surface area (Å²) in [6.45, 7) is 4.09. The van der Waals surface area contributed by atoms with E-state index in [1.54, 1.807) is 6.20 Å². The van der Waals surface area contributed by atoms with Crippen LogP contribution in [0.3, 0.4) is 0 Å². The van der Waals surface area contributed by atoms with Crippen molar-refractivity contribution >= 4 is 0 Å². The van der Waals surface area contributed by atoms with Crippen molar-refractivity contribution < 1.29 is 0 Å². The predicted octanol–water partition coefficient (Wildman–Crippen LogP) is -0.554. The zero-order valence-electron chi connectivity index (χ0n) is 8.41. The van der Waals surface area contributed by atoms with E-state index in [0.29, 0.717) is 18.5 Å². The number of H-pyrrole nitrogens is 1. The Kier molecular flexibility index (Phi) is 3.24. The van der Waals surface area contributed by atoms with E-state index < -0.39 is 5.69 Å². The molecule has 0 aliphatic carbocycles. The molecule has 0 aliphatic heterocycles.